The van der Waals surface area contributed by atoms with Crippen molar-refractivity contribution in [3.8, 4) is 0 Å². The molecule has 0 aliphatic rings. The standard InChI is InChI=1S/C12H27NO/c1-3-4-5-6-7-10-13-11-8-9-12-14-2/h13H,3-12H2,1-2H3. The number of hydrogen-bond donors (Lipinski definition) is 1. The first-order valence-corrected chi connectivity index (χ1v) is 6.11. The Morgan fingerprint density at radius 1 is 0.857 bits per heavy atom. The quantitative estimate of drug-likeness (QED) is 0.519. The lowest BCUT2D eigenvalue weighted by Crippen LogP contribution is -2.16. The molecule has 0 saturated heterocycles. The van der Waals surface area contributed by atoms with Crippen LogP contribution in [0.4, 0.5) is 0 Å². The average molecular weight is 201 g/mol. The minimum Gasteiger partial charge on any atom is -0.385 e. The fourth-order valence-electron chi connectivity index (χ4n) is 1.47. The maximum absolute atomic E-state index is 4.99. The molecule has 0 amide bonds. The molecule has 0 aliphatic heterocycles. The first-order chi connectivity index (χ1) is 6.91. The summed E-state index contributed by atoms with van der Waals surface area (Å²) in [6, 6.07) is 0. The molecule has 0 aromatic heterocycles. The van der Waals surface area contributed by atoms with E-state index in [4.69, 9.17) is 4.74 Å². The van der Waals surface area contributed by atoms with Crippen LogP contribution < -0.4 is 5.32 Å². The largest absolute Gasteiger partial charge is 0.385 e. The molecule has 0 saturated carbocycles. The third-order valence-corrected chi connectivity index (χ3v) is 2.41. The van der Waals surface area contributed by atoms with Crippen LogP contribution in [0.5, 0.6) is 0 Å². The van der Waals surface area contributed by atoms with Gasteiger partial charge in [-0.1, -0.05) is 32.6 Å². The summed E-state index contributed by atoms with van der Waals surface area (Å²) in [7, 11) is 1.77. The number of methoxy groups -OCH3 is 1. The lowest BCUT2D eigenvalue weighted by atomic mass is 10.1. The van der Waals surface area contributed by atoms with Gasteiger partial charge in [0.25, 0.3) is 0 Å². The predicted molar refractivity (Wildman–Crippen MR) is 62.7 cm³/mol. The van der Waals surface area contributed by atoms with Gasteiger partial charge in [-0.05, 0) is 32.4 Å². The van der Waals surface area contributed by atoms with Crippen molar-refractivity contribution in [2.24, 2.45) is 0 Å². The molecule has 0 unspecified atom stereocenters. The fraction of sp³-hybridized carbons (Fsp3) is 1.00. The smallest absolute Gasteiger partial charge is 0.0462 e. The molecule has 0 rings (SSSR count). The zero-order valence-electron chi connectivity index (χ0n) is 9.98. The highest BCUT2D eigenvalue weighted by atomic mass is 16.5. The first kappa shape index (κ1) is 13.9. The molecule has 0 bridgehead atoms. The van der Waals surface area contributed by atoms with Crippen LogP contribution >= 0.6 is 0 Å². The summed E-state index contributed by atoms with van der Waals surface area (Å²) in [5.74, 6) is 0. The van der Waals surface area contributed by atoms with Crippen molar-refractivity contribution in [1.82, 2.24) is 5.32 Å². The van der Waals surface area contributed by atoms with Crippen molar-refractivity contribution >= 4 is 0 Å². The second-order valence-electron chi connectivity index (χ2n) is 3.86. The van der Waals surface area contributed by atoms with Crippen molar-refractivity contribution < 1.29 is 4.74 Å². The van der Waals surface area contributed by atoms with Gasteiger partial charge in [0.1, 0.15) is 0 Å². The maximum Gasteiger partial charge on any atom is 0.0462 e. The third-order valence-electron chi connectivity index (χ3n) is 2.41. The van der Waals surface area contributed by atoms with Crippen molar-refractivity contribution in [2.45, 2.75) is 51.9 Å². The normalized spacial score (nSPS) is 10.7. The Balaban J connectivity index is 2.78. The fourth-order valence-corrected chi connectivity index (χ4v) is 1.47. The van der Waals surface area contributed by atoms with Crippen molar-refractivity contribution in [1.29, 1.82) is 0 Å². The topological polar surface area (TPSA) is 21.3 Å². The molecule has 2 heteroatoms. The highest BCUT2D eigenvalue weighted by Crippen LogP contribution is 2.01. The lowest BCUT2D eigenvalue weighted by Gasteiger charge is -2.04. The highest BCUT2D eigenvalue weighted by Gasteiger charge is 1.90. The van der Waals surface area contributed by atoms with E-state index in [1.54, 1.807) is 7.11 Å². The second kappa shape index (κ2) is 12.9. The van der Waals surface area contributed by atoms with Gasteiger partial charge in [-0.3, -0.25) is 0 Å². The number of nitrogens with one attached hydrogen (secondary N) is 1. The molecule has 0 atom stereocenters. The van der Waals surface area contributed by atoms with E-state index >= 15 is 0 Å². The van der Waals surface area contributed by atoms with Gasteiger partial charge >= 0.3 is 0 Å². The Kier molecular flexibility index (Phi) is 12.8. The van der Waals surface area contributed by atoms with Crippen molar-refractivity contribution in [3.05, 3.63) is 0 Å². The van der Waals surface area contributed by atoms with E-state index in [1.807, 2.05) is 0 Å². The molecular weight excluding hydrogens is 174 g/mol. The first-order valence-electron chi connectivity index (χ1n) is 6.11. The van der Waals surface area contributed by atoms with Gasteiger partial charge in [-0.25, -0.2) is 0 Å². The molecule has 2 nitrogen and oxygen atoms in total. The lowest BCUT2D eigenvalue weighted by molar-refractivity contribution is 0.192. The van der Waals surface area contributed by atoms with Gasteiger partial charge < -0.3 is 10.1 Å². The summed E-state index contributed by atoms with van der Waals surface area (Å²) < 4.78 is 4.99. The predicted octanol–water partition coefficient (Wildman–Crippen LogP) is 2.97. The van der Waals surface area contributed by atoms with E-state index in [1.165, 1.54) is 51.5 Å². The van der Waals surface area contributed by atoms with Crippen LogP contribution in [0.2, 0.25) is 0 Å². The van der Waals surface area contributed by atoms with Crippen LogP contribution in [0.1, 0.15) is 51.9 Å². The van der Waals surface area contributed by atoms with Gasteiger partial charge in [-0.15, -0.1) is 0 Å². The minimum atomic E-state index is 0.901. The van der Waals surface area contributed by atoms with Gasteiger partial charge in [0, 0.05) is 13.7 Å². The molecule has 14 heavy (non-hydrogen) atoms. The molecule has 0 aromatic carbocycles. The van der Waals surface area contributed by atoms with Crippen LogP contribution in [-0.4, -0.2) is 26.8 Å². The van der Waals surface area contributed by atoms with Crippen LogP contribution in [0, 0.1) is 0 Å². The summed E-state index contributed by atoms with van der Waals surface area (Å²) in [5, 5.41) is 3.47. The molecule has 0 aliphatic carbocycles. The van der Waals surface area contributed by atoms with E-state index in [9.17, 15) is 0 Å². The molecular formula is C12H27NO. The Hall–Kier alpha value is -0.0800. The molecule has 0 spiro atoms. The Labute approximate surface area is 89.4 Å². The Bertz CT molecular complexity index is 84.3. The summed E-state index contributed by atoms with van der Waals surface area (Å²) in [6.07, 6.45) is 9.28. The van der Waals surface area contributed by atoms with E-state index in [2.05, 4.69) is 12.2 Å². The van der Waals surface area contributed by atoms with Crippen molar-refractivity contribution in [2.75, 3.05) is 26.8 Å². The average Bonchev–Trinajstić information content (AvgIpc) is 2.21. The van der Waals surface area contributed by atoms with E-state index in [-0.39, 0.29) is 0 Å². The second-order valence-corrected chi connectivity index (χ2v) is 3.86. The molecule has 1 N–H and O–H groups in total. The summed E-state index contributed by atoms with van der Waals surface area (Å²) in [4.78, 5) is 0. The van der Waals surface area contributed by atoms with Crippen LogP contribution in [0.25, 0.3) is 0 Å². The molecule has 0 radical (unpaired) electrons. The van der Waals surface area contributed by atoms with Gasteiger partial charge in [0.2, 0.25) is 0 Å². The monoisotopic (exact) mass is 201 g/mol. The van der Waals surface area contributed by atoms with Crippen LogP contribution in [0.3, 0.4) is 0 Å². The van der Waals surface area contributed by atoms with Crippen molar-refractivity contribution in [3.63, 3.8) is 0 Å². The van der Waals surface area contributed by atoms with Gasteiger partial charge in [0.05, 0.1) is 0 Å². The number of unbranched alkanes of at least 4 members (excludes halogenated alkanes) is 5. The minimum absolute atomic E-state index is 0.901. The molecule has 0 heterocycles. The maximum atomic E-state index is 4.99. The SMILES string of the molecule is CCCCCCCNCCCCOC. The Morgan fingerprint density at radius 2 is 1.50 bits per heavy atom. The van der Waals surface area contributed by atoms with Gasteiger partial charge in [-0.2, -0.15) is 0 Å². The molecule has 86 valence electrons. The number of rotatable bonds is 11. The number of hydrogen-bond acceptors (Lipinski definition) is 2. The zero-order valence-corrected chi connectivity index (χ0v) is 9.98. The zero-order chi connectivity index (χ0) is 10.5. The van der Waals surface area contributed by atoms with Gasteiger partial charge in [0.15, 0.2) is 0 Å². The Morgan fingerprint density at radius 3 is 2.14 bits per heavy atom. The summed E-state index contributed by atoms with van der Waals surface area (Å²) in [6.45, 7) is 5.50. The summed E-state index contributed by atoms with van der Waals surface area (Å²) in [5.41, 5.74) is 0. The summed E-state index contributed by atoms with van der Waals surface area (Å²) >= 11 is 0. The molecule has 0 fully saturated rings. The van der Waals surface area contributed by atoms with Crippen LogP contribution in [0.15, 0.2) is 0 Å². The van der Waals surface area contributed by atoms with Crippen LogP contribution in [-0.2, 0) is 4.74 Å². The molecule has 0 aromatic rings. The van der Waals surface area contributed by atoms with E-state index in [0.717, 1.165) is 13.2 Å². The number of ether oxygens (including phenoxy) is 1. The van der Waals surface area contributed by atoms with E-state index < -0.39 is 0 Å². The highest BCUT2D eigenvalue weighted by molar-refractivity contribution is 4.49. The third kappa shape index (κ3) is 11.9. The van der Waals surface area contributed by atoms with E-state index in [0.29, 0.717) is 0 Å².